The first-order valence-electron chi connectivity index (χ1n) is 5.98. The van der Waals surface area contributed by atoms with E-state index in [2.05, 4.69) is 26.6 Å². The monoisotopic (exact) mass is 294 g/mol. The molecule has 4 heteroatoms. The van der Waals surface area contributed by atoms with Crippen LogP contribution in [-0.4, -0.2) is 25.0 Å². The Morgan fingerprint density at radius 1 is 1.41 bits per heavy atom. The number of hydrogen-bond donors (Lipinski definition) is 2. The molecule has 1 aromatic rings. The second kappa shape index (κ2) is 4.42. The lowest BCUT2D eigenvalue weighted by Crippen LogP contribution is -2.33. The Labute approximate surface area is 109 Å². The van der Waals surface area contributed by atoms with Crippen LogP contribution in [-0.2, 0) is 11.2 Å². The second-order valence-electron chi connectivity index (χ2n) is 4.89. The van der Waals surface area contributed by atoms with E-state index in [1.54, 1.807) is 0 Å². The van der Waals surface area contributed by atoms with Gasteiger partial charge >= 0.3 is 0 Å². The molecule has 1 aliphatic carbocycles. The van der Waals surface area contributed by atoms with Crippen LogP contribution >= 0.6 is 15.9 Å². The van der Waals surface area contributed by atoms with Crippen molar-refractivity contribution in [2.75, 3.05) is 13.1 Å². The van der Waals surface area contributed by atoms with E-state index in [1.165, 1.54) is 0 Å². The number of nitrogens with one attached hydrogen (secondary N) is 2. The first-order valence-corrected chi connectivity index (χ1v) is 6.78. The number of benzene rings is 1. The van der Waals surface area contributed by atoms with E-state index in [4.69, 9.17) is 0 Å². The van der Waals surface area contributed by atoms with Crippen molar-refractivity contribution < 1.29 is 4.79 Å². The minimum Gasteiger partial charge on any atom is -0.352 e. The van der Waals surface area contributed by atoms with Crippen LogP contribution in [0.1, 0.15) is 5.56 Å². The molecule has 1 aromatic carbocycles. The molecule has 2 N–H and O–H groups in total. The number of amides is 1. The third-order valence-corrected chi connectivity index (χ3v) is 4.17. The van der Waals surface area contributed by atoms with Crippen molar-refractivity contribution in [1.82, 2.24) is 10.6 Å². The zero-order valence-electron chi connectivity index (χ0n) is 9.45. The van der Waals surface area contributed by atoms with Crippen LogP contribution in [0.25, 0.3) is 0 Å². The van der Waals surface area contributed by atoms with Crippen molar-refractivity contribution in [1.29, 1.82) is 0 Å². The molecule has 1 heterocycles. The summed E-state index contributed by atoms with van der Waals surface area (Å²) in [6, 6.07) is 8.34. The first-order chi connectivity index (χ1) is 8.24. The standard InChI is InChI=1S/C13H15BrN2O/c14-9-3-1-2-8(4-9)5-12(17)16-13-10-6-15-7-11(10)13/h1-4,10-11,13,15H,5-7H2,(H,16,17). The van der Waals surface area contributed by atoms with Crippen LogP contribution < -0.4 is 10.6 Å². The Hall–Kier alpha value is -0.870. The van der Waals surface area contributed by atoms with E-state index < -0.39 is 0 Å². The molecule has 0 aromatic heterocycles. The summed E-state index contributed by atoms with van der Waals surface area (Å²) >= 11 is 3.41. The van der Waals surface area contributed by atoms with Crippen LogP contribution in [0, 0.1) is 11.8 Å². The molecule has 1 saturated heterocycles. The molecule has 2 aliphatic rings. The van der Waals surface area contributed by atoms with Gasteiger partial charge in [0.15, 0.2) is 0 Å². The molecule has 90 valence electrons. The fraction of sp³-hybridized carbons (Fsp3) is 0.462. The SMILES string of the molecule is O=C(Cc1cccc(Br)c1)NC1C2CNCC21. The highest BCUT2D eigenvalue weighted by Crippen LogP contribution is 2.41. The molecule has 1 aliphatic heterocycles. The highest BCUT2D eigenvalue weighted by Gasteiger charge is 2.53. The van der Waals surface area contributed by atoms with Gasteiger partial charge in [0.2, 0.25) is 5.91 Å². The Balaban J connectivity index is 1.54. The van der Waals surface area contributed by atoms with Crippen LogP contribution in [0.3, 0.4) is 0 Å². The Morgan fingerprint density at radius 2 is 2.18 bits per heavy atom. The van der Waals surface area contributed by atoms with Gasteiger partial charge < -0.3 is 10.6 Å². The summed E-state index contributed by atoms with van der Waals surface area (Å²) in [6.45, 7) is 2.12. The Morgan fingerprint density at radius 3 is 2.88 bits per heavy atom. The first kappa shape index (κ1) is 11.2. The largest absolute Gasteiger partial charge is 0.352 e. The molecule has 1 saturated carbocycles. The maximum Gasteiger partial charge on any atom is 0.224 e. The topological polar surface area (TPSA) is 41.1 Å². The fourth-order valence-electron chi connectivity index (χ4n) is 2.70. The van der Waals surface area contributed by atoms with Crippen molar-refractivity contribution in [3.8, 4) is 0 Å². The Bertz CT molecular complexity index is 439. The second-order valence-corrected chi connectivity index (χ2v) is 5.80. The van der Waals surface area contributed by atoms with Crippen LogP contribution in [0.5, 0.6) is 0 Å². The number of carbonyl (C=O) groups is 1. The molecule has 1 amide bonds. The van der Waals surface area contributed by atoms with E-state index in [1.807, 2.05) is 24.3 Å². The molecular weight excluding hydrogens is 280 g/mol. The fourth-order valence-corrected chi connectivity index (χ4v) is 3.15. The quantitative estimate of drug-likeness (QED) is 0.883. The number of hydrogen-bond acceptors (Lipinski definition) is 2. The van der Waals surface area contributed by atoms with Gasteiger partial charge in [-0.3, -0.25) is 4.79 Å². The van der Waals surface area contributed by atoms with Gasteiger partial charge in [-0.25, -0.2) is 0 Å². The molecular formula is C13H15BrN2O. The lowest BCUT2D eigenvalue weighted by Gasteiger charge is -2.07. The summed E-state index contributed by atoms with van der Waals surface area (Å²) in [5.41, 5.74) is 1.06. The van der Waals surface area contributed by atoms with Gasteiger partial charge in [-0.05, 0) is 29.5 Å². The summed E-state index contributed by atoms with van der Waals surface area (Å²) in [6.07, 6.45) is 0.475. The highest BCUT2D eigenvalue weighted by atomic mass is 79.9. The maximum atomic E-state index is 11.9. The summed E-state index contributed by atoms with van der Waals surface area (Å²) in [5.74, 6) is 1.51. The molecule has 17 heavy (non-hydrogen) atoms. The number of piperidine rings is 1. The van der Waals surface area contributed by atoms with Gasteiger partial charge in [0.1, 0.15) is 0 Å². The van der Waals surface area contributed by atoms with Crippen LogP contribution in [0.15, 0.2) is 28.7 Å². The minimum absolute atomic E-state index is 0.141. The molecule has 2 unspecified atom stereocenters. The van der Waals surface area contributed by atoms with Gasteiger partial charge in [-0.1, -0.05) is 28.1 Å². The average Bonchev–Trinajstić information content (AvgIpc) is 2.74. The molecule has 0 spiro atoms. The lowest BCUT2D eigenvalue weighted by molar-refractivity contribution is -0.120. The molecule has 3 nitrogen and oxygen atoms in total. The van der Waals surface area contributed by atoms with Crippen molar-refractivity contribution in [3.63, 3.8) is 0 Å². The number of halogens is 1. The number of carbonyl (C=O) groups excluding carboxylic acids is 1. The van der Waals surface area contributed by atoms with Crippen LogP contribution in [0.4, 0.5) is 0 Å². The van der Waals surface area contributed by atoms with Gasteiger partial charge in [0.25, 0.3) is 0 Å². The minimum atomic E-state index is 0.141. The van der Waals surface area contributed by atoms with E-state index in [9.17, 15) is 4.79 Å². The molecule has 3 rings (SSSR count). The predicted octanol–water partition coefficient (Wildman–Crippen LogP) is 1.33. The molecule has 0 radical (unpaired) electrons. The van der Waals surface area contributed by atoms with E-state index in [0.29, 0.717) is 24.3 Å². The van der Waals surface area contributed by atoms with Crippen molar-refractivity contribution in [2.24, 2.45) is 11.8 Å². The third-order valence-electron chi connectivity index (χ3n) is 3.67. The smallest absolute Gasteiger partial charge is 0.224 e. The van der Waals surface area contributed by atoms with Crippen molar-refractivity contribution in [3.05, 3.63) is 34.3 Å². The zero-order valence-corrected chi connectivity index (χ0v) is 11.0. The molecule has 2 atom stereocenters. The third kappa shape index (κ3) is 2.38. The predicted molar refractivity (Wildman–Crippen MR) is 69.6 cm³/mol. The lowest BCUT2D eigenvalue weighted by atomic mass is 10.1. The van der Waals surface area contributed by atoms with Crippen molar-refractivity contribution >= 4 is 21.8 Å². The summed E-state index contributed by atoms with van der Waals surface area (Å²) < 4.78 is 1.02. The summed E-state index contributed by atoms with van der Waals surface area (Å²) in [4.78, 5) is 11.9. The van der Waals surface area contributed by atoms with Crippen molar-refractivity contribution in [2.45, 2.75) is 12.5 Å². The number of fused-ring (bicyclic) bond motifs is 1. The summed E-state index contributed by atoms with van der Waals surface area (Å²) in [5, 5.41) is 6.45. The zero-order chi connectivity index (χ0) is 11.8. The summed E-state index contributed by atoms with van der Waals surface area (Å²) in [7, 11) is 0. The van der Waals surface area contributed by atoms with Gasteiger partial charge in [-0.2, -0.15) is 0 Å². The van der Waals surface area contributed by atoms with E-state index in [0.717, 1.165) is 23.1 Å². The average molecular weight is 295 g/mol. The van der Waals surface area contributed by atoms with Gasteiger partial charge in [-0.15, -0.1) is 0 Å². The maximum absolute atomic E-state index is 11.9. The van der Waals surface area contributed by atoms with Crippen LogP contribution in [0.2, 0.25) is 0 Å². The molecule has 2 fully saturated rings. The van der Waals surface area contributed by atoms with E-state index in [-0.39, 0.29) is 5.91 Å². The van der Waals surface area contributed by atoms with Gasteiger partial charge in [0, 0.05) is 23.6 Å². The Kier molecular flexibility index (Phi) is 2.92. The van der Waals surface area contributed by atoms with Gasteiger partial charge in [0.05, 0.1) is 6.42 Å². The van der Waals surface area contributed by atoms with E-state index >= 15 is 0 Å². The normalized spacial score (nSPS) is 29.8. The highest BCUT2D eigenvalue weighted by molar-refractivity contribution is 9.10. The molecule has 0 bridgehead atoms. The number of rotatable bonds is 3.